The topological polar surface area (TPSA) is 41.6 Å². The summed E-state index contributed by atoms with van der Waals surface area (Å²) in [5.74, 6) is -2.15. The van der Waals surface area contributed by atoms with Crippen molar-refractivity contribution in [1.82, 2.24) is 4.90 Å². The van der Waals surface area contributed by atoms with E-state index >= 15 is 0 Å². The van der Waals surface area contributed by atoms with Gasteiger partial charge in [-0.05, 0) is 19.1 Å². The first kappa shape index (κ1) is 13.9. The molecule has 1 saturated heterocycles. The van der Waals surface area contributed by atoms with Crippen LogP contribution in [0.4, 0.5) is 14.5 Å². The van der Waals surface area contributed by atoms with Crippen LogP contribution in [-0.4, -0.2) is 43.2 Å². The summed E-state index contributed by atoms with van der Waals surface area (Å²) < 4.78 is 31.1. The van der Waals surface area contributed by atoms with E-state index in [2.05, 4.69) is 5.32 Å². The molecule has 0 spiro atoms. The number of rotatable bonds is 3. The Morgan fingerprint density at radius 2 is 2.26 bits per heavy atom. The van der Waals surface area contributed by atoms with Crippen molar-refractivity contribution in [2.45, 2.75) is 13.0 Å². The maximum Gasteiger partial charge on any atom is 0.238 e. The molecule has 1 atom stereocenters. The zero-order valence-electron chi connectivity index (χ0n) is 10.7. The minimum Gasteiger partial charge on any atom is -0.376 e. The van der Waals surface area contributed by atoms with Crippen molar-refractivity contribution < 1.29 is 18.3 Å². The summed E-state index contributed by atoms with van der Waals surface area (Å²) in [5.41, 5.74) is 0.255. The molecule has 0 aliphatic carbocycles. The van der Waals surface area contributed by atoms with E-state index in [-0.39, 0.29) is 24.2 Å². The first-order valence-electron chi connectivity index (χ1n) is 6.13. The molecule has 4 nitrogen and oxygen atoms in total. The molecule has 0 bridgehead atoms. The lowest BCUT2D eigenvalue weighted by Gasteiger charge is -2.30. The standard InChI is InChI=1S/C13H16F2N2O2/c1-9-7-17(4-5-19-9)8-13(18)16-10-2-3-11(14)12(15)6-10/h2-3,6,9H,4-5,7-8H2,1H3,(H,16,18)/t9-/m0/s1. The quantitative estimate of drug-likeness (QED) is 0.907. The van der Waals surface area contributed by atoms with Crippen LogP contribution in [0, 0.1) is 11.6 Å². The molecule has 0 saturated carbocycles. The molecule has 1 aliphatic heterocycles. The number of halogens is 2. The molecular formula is C13H16F2N2O2. The van der Waals surface area contributed by atoms with Crippen LogP contribution in [0.2, 0.25) is 0 Å². The van der Waals surface area contributed by atoms with E-state index in [4.69, 9.17) is 4.74 Å². The van der Waals surface area contributed by atoms with Crippen molar-refractivity contribution in [2.75, 3.05) is 31.6 Å². The van der Waals surface area contributed by atoms with Crippen molar-refractivity contribution in [1.29, 1.82) is 0 Å². The fourth-order valence-corrected chi connectivity index (χ4v) is 2.01. The molecule has 19 heavy (non-hydrogen) atoms. The number of morpholine rings is 1. The maximum atomic E-state index is 13.0. The minimum atomic E-state index is -0.974. The molecule has 0 radical (unpaired) electrons. The van der Waals surface area contributed by atoms with Gasteiger partial charge in [-0.25, -0.2) is 8.78 Å². The summed E-state index contributed by atoms with van der Waals surface area (Å²) >= 11 is 0. The van der Waals surface area contributed by atoms with E-state index in [9.17, 15) is 13.6 Å². The van der Waals surface area contributed by atoms with Crippen molar-refractivity contribution in [3.63, 3.8) is 0 Å². The van der Waals surface area contributed by atoms with E-state index in [0.29, 0.717) is 19.7 Å². The normalized spacial score (nSPS) is 20.3. The zero-order valence-corrected chi connectivity index (χ0v) is 10.7. The second kappa shape index (κ2) is 6.08. The molecule has 1 heterocycles. The lowest BCUT2D eigenvalue weighted by atomic mass is 10.2. The molecule has 1 aliphatic rings. The van der Waals surface area contributed by atoms with Crippen LogP contribution in [0.5, 0.6) is 0 Å². The Hall–Kier alpha value is -1.53. The van der Waals surface area contributed by atoms with Gasteiger partial charge < -0.3 is 10.1 Å². The number of hydrogen-bond acceptors (Lipinski definition) is 3. The minimum absolute atomic E-state index is 0.102. The van der Waals surface area contributed by atoms with Crippen LogP contribution >= 0.6 is 0 Å². The molecule has 2 rings (SSSR count). The number of carbonyl (C=O) groups is 1. The fraction of sp³-hybridized carbons (Fsp3) is 0.462. The van der Waals surface area contributed by atoms with Crippen LogP contribution in [0.3, 0.4) is 0 Å². The lowest BCUT2D eigenvalue weighted by Crippen LogP contribution is -2.44. The molecule has 1 amide bonds. The number of carbonyl (C=O) groups excluding carboxylic acids is 1. The molecule has 1 aromatic rings. The Morgan fingerprint density at radius 1 is 1.47 bits per heavy atom. The van der Waals surface area contributed by atoms with E-state index in [1.54, 1.807) is 0 Å². The van der Waals surface area contributed by atoms with Gasteiger partial charge in [0.25, 0.3) is 0 Å². The molecule has 1 fully saturated rings. The molecular weight excluding hydrogens is 254 g/mol. The summed E-state index contributed by atoms with van der Waals surface area (Å²) in [6, 6.07) is 3.29. The largest absolute Gasteiger partial charge is 0.376 e. The van der Waals surface area contributed by atoms with E-state index in [1.807, 2.05) is 11.8 Å². The molecule has 1 N–H and O–H groups in total. The average Bonchev–Trinajstić information content (AvgIpc) is 2.34. The number of nitrogens with zero attached hydrogens (tertiary/aromatic N) is 1. The van der Waals surface area contributed by atoms with Crippen LogP contribution in [0.25, 0.3) is 0 Å². The fourth-order valence-electron chi connectivity index (χ4n) is 2.01. The van der Waals surface area contributed by atoms with E-state index in [1.165, 1.54) is 6.07 Å². The Morgan fingerprint density at radius 3 is 2.95 bits per heavy atom. The van der Waals surface area contributed by atoms with Gasteiger partial charge in [0.05, 0.1) is 19.3 Å². The van der Waals surface area contributed by atoms with Gasteiger partial charge in [0.2, 0.25) is 5.91 Å². The maximum absolute atomic E-state index is 13.0. The van der Waals surface area contributed by atoms with Crippen LogP contribution in [0.1, 0.15) is 6.92 Å². The van der Waals surface area contributed by atoms with Crippen LogP contribution in [0.15, 0.2) is 18.2 Å². The predicted octanol–water partition coefficient (Wildman–Crippen LogP) is 1.62. The summed E-state index contributed by atoms with van der Waals surface area (Å²) in [7, 11) is 0. The highest BCUT2D eigenvalue weighted by atomic mass is 19.2. The van der Waals surface area contributed by atoms with Gasteiger partial charge in [0, 0.05) is 24.8 Å². The van der Waals surface area contributed by atoms with Crippen molar-refractivity contribution in [2.24, 2.45) is 0 Å². The van der Waals surface area contributed by atoms with Gasteiger partial charge >= 0.3 is 0 Å². The Bertz CT molecular complexity index is 468. The predicted molar refractivity (Wildman–Crippen MR) is 66.8 cm³/mol. The highest BCUT2D eigenvalue weighted by molar-refractivity contribution is 5.92. The number of amides is 1. The summed E-state index contributed by atoms with van der Waals surface area (Å²) in [5, 5.41) is 2.54. The van der Waals surface area contributed by atoms with Gasteiger partial charge in [0.1, 0.15) is 0 Å². The van der Waals surface area contributed by atoms with Gasteiger partial charge in [-0.1, -0.05) is 0 Å². The van der Waals surface area contributed by atoms with Crippen molar-refractivity contribution in [3.05, 3.63) is 29.8 Å². The smallest absolute Gasteiger partial charge is 0.238 e. The number of nitrogens with one attached hydrogen (secondary N) is 1. The average molecular weight is 270 g/mol. The number of hydrogen-bond donors (Lipinski definition) is 1. The van der Waals surface area contributed by atoms with Gasteiger partial charge in [0.15, 0.2) is 11.6 Å². The van der Waals surface area contributed by atoms with Crippen LogP contribution < -0.4 is 5.32 Å². The zero-order chi connectivity index (χ0) is 13.8. The number of benzene rings is 1. The molecule has 1 aromatic carbocycles. The highest BCUT2D eigenvalue weighted by Crippen LogP contribution is 2.13. The van der Waals surface area contributed by atoms with Gasteiger partial charge in [-0.3, -0.25) is 9.69 Å². The van der Waals surface area contributed by atoms with Crippen LogP contribution in [-0.2, 0) is 9.53 Å². The first-order valence-corrected chi connectivity index (χ1v) is 6.13. The van der Waals surface area contributed by atoms with E-state index in [0.717, 1.165) is 12.1 Å². The Labute approximate surface area is 110 Å². The number of ether oxygens (including phenoxy) is 1. The third-order valence-electron chi connectivity index (χ3n) is 2.90. The molecule has 6 heteroatoms. The first-order chi connectivity index (χ1) is 9.04. The Balaban J connectivity index is 1.88. The molecule has 0 aromatic heterocycles. The summed E-state index contributed by atoms with van der Waals surface area (Å²) in [6.07, 6.45) is 0.102. The van der Waals surface area contributed by atoms with Gasteiger partial charge in [-0.2, -0.15) is 0 Å². The monoisotopic (exact) mass is 270 g/mol. The second-order valence-corrected chi connectivity index (χ2v) is 4.59. The van der Waals surface area contributed by atoms with Crippen molar-refractivity contribution in [3.8, 4) is 0 Å². The lowest BCUT2D eigenvalue weighted by molar-refractivity contribution is -0.119. The Kier molecular flexibility index (Phi) is 4.44. The second-order valence-electron chi connectivity index (χ2n) is 4.59. The van der Waals surface area contributed by atoms with Crippen molar-refractivity contribution >= 4 is 11.6 Å². The summed E-state index contributed by atoms with van der Waals surface area (Å²) in [4.78, 5) is 13.7. The number of anilines is 1. The van der Waals surface area contributed by atoms with Gasteiger partial charge in [-0.15, -0.1) is 0 Å². The molecule has 104 valence electrons. The molecule has 0 unspecified atom stereocenters. The third kappa shape index (κ3) is 3.97. The third-order valence-corrected chi connectivity index (χ3v) is 2.90. The van der Waals surface area contributed by atoms with E-state index < -0.39 is 11.6 Å². The SMILES string of the molecule is C[C@H]1CN(CC(=O)Nc2ccc(F)c(F)c2)CCO1. The highest BCUT2D eigenvalue weighted by Gasteiger charge is 2.19. The summed E-state index contributed by atoms with van der Waals surface area (Å²) in [6.45, 7) is 4.13.